The van der Waals surface area contributed by atoms with Gasteiger partial charge in [0, 0.05) is 32.0 Å². The lowest BCUT2D eigenvalue weighted by molar-refractivity contribution is -0.137. The van der Waals surface area contributed by atoms with E-state index in [2.05, 4.69) is 30.9 Å². The molecule has 0 saturated heterocycles. The van der Waals surface area contributed by atoms with Crippen LogP contribution in [0.2, 0.25) is 0 Å². The van der Waals surface area contributed by atoms with Gasteiger partial charge in [0.1, 0.15) is 5.69 Å². The highest BCUT2D eigenvalue weighted by molar-refractivity contribution is 5.91. The number of carbonyl (C=O) groups is 2. The molecule has 3 rings (SSSR count). The molecule has 0 atom stereocenters. The van der Waals surface area contributed by atoms with Crippen LogP contribution in [0.1, 0.15) is 44.9 Å². The van der Waals surface area contributed by atoms with Gasteiger partial charge >= 0.3 is 6.18 Å². The van der Waals surface area contributed by atoms with E-state index >= 15 is 0 Å². The van der Waals surface area contributed by atoms with E-state index in [9.17, 15) is 22.8 Å². The lowest BCUT2D eigenvalue weighted by atomic mass is 10.2. The number of amides is 1. The number of aldehydes is 1. The number of rotatable bonds is 9. The van der Waals surface area contributed by atoms with Crippen LogP contribution in [0, 0.1) is 0 Å². The van der Waals surface area contributed by atoms with Crippen molar-refractivity contribution in [3.63, 3.8) is 0 Å². The van der Waals surface area contributed by atoms with Gasteiger partial charge < -0.3 is 5.32 Å². The molecule has 0 spiro atoms. The van der Waals surface area contributed by atoms with Gasteiger partial charge in [-0.15, -0.1) is 10.2 Å². The quantitative estimate of drug-likeness (QED) is 0.410. The minimum Gasteiger partial charge on any atom is -0.346 e. The van der Waals surface area contributed by atoms with Crippen LogP contribution in [0.5, 0.6) is 0 Å². The molecule has 0 aliphatic rings. The van der Waals surface area contributed by atoms with E-state index in [0.717, 1.165) is 25.1 Å². The highest BCUT2D eigenvalue weighted by Gasteiger charge is 2.31. The van der Waals surface area contributed by atoms with Crippen LogP contribution in [-0.4, -0.2) is 47.2 Å². The molecule has 1 N–H and O–H groups in total. The maximum atomic E-state index is 12.7. The topological polar surface area (TPSA) is 120 Å². The van der Waals surface area contributed by atoms with E-state index in [1.54, 1.807) is 10.9 Å². The molecule has 158 valence electrons. The summed E-state index contributed by atoms with van der Waals surface area (Å²) in [5, 5.41) is 17.6. The maximum Gasteiger partial charge on any atom is 0.417 e. The molecule has 3 aromatic heterocycles. The molecule has 0 unspecified atom stereocenters. The average Bonchev–Trinajstić information content (AvgIpc) is 3.38. The molecule has 10 nitrogen and oxygen atoms in total. The van der Waals surface area contributed by atoms with Crippen molar-refractivity contribution in [3.05, 3.63) is 53.4 Å². The molecular weight excluding hydrogens is 405 g/mol. The second-order valence-corrected chi connectivity index (χ2v) is 6.36. The molecule has 0 fully saturated rings. The van der Waals surface area contributed by atoms with Gasteiger partial charge in [-0.3, -0.25) is 23.9 Å². The number of aromatic nitrogens is 7. The Morgan fingerprint density at radius 3 is 2.43 bits per heavy atom. The Kier molecular flexibility index (Phi) is 6.49. The van der Waals surface area contributed by atoms with Crippen LogP contribution in [0.25, 0.3) is 0 Å². The van der Waals surface area contributed by atoms with E-state index in [0.29, 0.717) is 19.4 Å². The van der Waals surface area contributed by atoms with E-state index in [1.807, 2.05) is 0 Å². The highest BCUT2D eigenvalue weighted by Crippen LogP contribution is 2.28. The molecule has 3 heterocycles. The molecule has 30 heavy (non-hydrogen) atoms. The summed E-state index contributed by atoms with van der Waals surface area (Å²) in [6, 6.07) is 0.928. The molecular formula is C17H17F3N8O2. The molecule has 3 aromatic rings. The van der Waals surface area contributed by atoms with Crippen molar-refractivity contribution < 1.29 is 22.8 Å². The number of halogens is 3. The fraction of sp³-hybridized carbons (Fsp3) is 0.353. The fourth-order valence-corrected chi connectivity index (χ4v) is 2.55. The van der Waals surface area contributed by atoms with Crippen LogP contribution < -0.4 is 5.32 Å². The SMILES string of the molecule is O=Cc1cn(CCCCn2cc(C(=O)NCc3cncc(C(F)(F)F)c3)nn2)nn1. The van der Waals surface area contributed by atoms with Gasteiger partial charge in [0.2, 0.25) is 0 Å². The zero-order chi connectivity index (χ0) is 21.6. The third kappa shape index (κ3) is 5.68. The molecule has 0 radical (unpaired) electrons. The van der Waals surface area contributed by atoms with Crippen LogP contribution in [0.15, 0.2) is 30.9 Å². The van der Waals surface area contributed by atoms with Crippen molar-refractivity contribution in [2.24, 2.45) is 0 Å². The number of nitrogens with one attached hydrogen (secondary N) is 1. The summed E-state index contributed by atoms with van der Waals surface area (Å²) in [6.07, 6.45) is 2.56. The van der Waals surface area contributed by atoms with Gasteiger partial charge in [-0.1, -0.05) is 10.4 Å². The minimum atomic E-state index is -4.50. The second kappa shape index (κ2) is 9.24. The lowest BCUT2D eigenvalue weighted by Crippen LogP contribution is -2.23. The molecule has 0 saturated carbocycles. The van der Waals surface area contributed by atoms with Crippen molar-refractivity contribution in [2.75, 3.05) is 0 Å². The normalized spacial score (nSPS) is 11.4. The Balaban J connectivity index is 1.45. The average molecular weight is 422 g/mol. The predicted molar refractivity (Wildman–Crippen MR) is 95.1 cm³/mol. The van der Waals surface area contributed by atoms with Crippen LogP contribution in [0.3, 0.4) is 0 Å². The molecule has 0 bridgehead atoms. The van der Waals surface area contributed by atoms with Gasteiger partial charge in [-0.05, 0) is 24.5 Å². The third-order valence-electron chi connectivity index (χ3n) is 4.05. The highest BCUT2D eigenvalue weighted by atomic mass is 19.4. The van der Waals surface area contributed by atoms with E-state index < -0.39 is 17.6 Å². The van der Waals surface area contributed by atoms with E-state index in [1.165, 1.54) is 17.1 Å². The largest absolute Gasteiger partial charge is 0.417 e. The first kappa shape index (κ1) is 21.1. The molecule has 1 amide bonds. The van der Waals surface area contributed by atoms with Gasteiger partial charge in [0.05, 0.1) is 18.0 Å². The number of unbranched alkanes of at least 4 members (excludes halogenated alkanes) is 1. The minimum absolute atomic E-state index is 0.0573. The number of hydrogen-bond donors (Lipinski definition) is 1. The Morgan fingerprint density at radius 2 is 1.77 bits per heavy atom. The Labute approximate surface area is 168 Å². The van der Waals surface area contributed by atoms with Crippen LogP contribution in [-0.2, 0) is 25.8 Å². The number of nitrogens with zero attached hydrogens (tertiary/aromatic N) is 7. The third-order valence-corrected chi connectivity index (χ3v) is 4.05. The van der Waals surface area contributed by atoms with Crippen molar-refractivity contribution >= 4 is 12.2 Å². The molecule has 13 heteroatoms. The summed E-state index contributed by atoms with van der Waals surface area (Å²) in [4.78, 5) is 26.2. The number of carbonyl (C=O) groups excluding carboxylic acids is 2. The molecule has 0 aliphatic heterocycles. The maximum absolute atomic E-state index is 12.7. The Morgan fingerprint density at radius 1 is 1.07 bits per heavy atom. The fourth-order valence-electron chi connectivity index (χ4n) is 2.55. The van der Waals surface area contributed by atoms with Gasteiger partial charge in [0.25, 0.3) is 5.91 Å². The van der Waals surface area contributed by atoms with Gasteiger partial charge in [-0.2, -0.15) is 13.2 Å². The first-order chi connectivity index (χ1) is 14.3. The first-order valence-corrected chi connectivity index (χ1v) is 8.90. The number of aryl methyl sites for hydroxylation is 2. The summed E-state index contributed by atoms with van der Waals surface area (Å²) in [5.41, 5.74) is -0.338. The zero-order valence-electron chi connectivity index (χ0n) is 15.6. The Hall–Kier alpha value is -3.64. The summed E-state index contributed by atoms with van der Waals surface area (Å²) < 4.78 is 41.2. The van der Waals surface area contributed by atoms with Crippen LogP contribution in [0.4, 0.5) is 13.2 Å². The van der Waals surface area contributed by atoms with E-state index in [-0.39, 0.29) is 23.5 Å². The molecule has 0 aromatic carbocycles. The summed E-state index contributed by atoms with van der Waals surface area (Å²) in [7, 11) is 0. The summed E-state index contributed by atoms with van der Waals surface area (Å²) in [6.45, 7) is 0.963. The number of pyridine rings is 1. The number of alkyl halides is 3. The van der Waals surface area contributed by atoms with Crippen molar-refractivity contribution in [1.82, 2.24) is 40.3 Å². The Bertz CT molecular complexity index is 1010. The monoisotopic (exact) mass is 422 g/mol. The van der Waals surface area contributed by atoms with Crippen LogP contribution >= 0.6 is 0 Å². The summed E-state index contributed by atoms with van der Waals surface area (Å²) >= 11 is 0. The van der Waals surface area contributed by atoms with Crippen molar-refractivity contribution in [3.8, 4) is 0 Å². The smallest absolute Gasteiger partial charge is 0.346 e. The molecule has 0 aliphatic carbocycles. The summed E-state index contributed by atoms with van der Waals surface area (Å²) in [5.74, 6) is -0.553. The van der Waals surface area contributed by atoms with Crippen molar-refractivity contribution in [1.29, 1.82) is 0 Å². The number of hydrogen-bond acceptors (Lipinski definition) is 7. The van der Waals surface area contributed by atoms with Crippen molar-refractivity contribution in [2.45, 2.75) is 38.7 Å². The second-order valence-electron chi connectivity index (χ2n) is 6.36. The predicted octanol–water partition coefficient (Wildman–Crippen LogP) is 1.51. The first-order valence-electron chi connectivity index (χ1n) is 8.90. The lowest BCUT2D eigenvalue weighted by Gasteiger charge is -2.08. The van der Waals surface area contributed by atoms with E-state index in [4.69, 9.17) is 0 Å². The standard InChI is InChI=1S/C17H17F3N8O2/c18-17(19,20)13-5-12(6-21-8-13)7-22-16(30)15-10-28(26-24-15)4-2-1-3-27-9-14(11-29)23-25-27/h5-6,8-11H,1-4,7H2,(H,22,30). The van der Waals surface area contributed by atoms with Gasteiger partial charge in [-0.25, -0.2) is 0 Å². The zero-order valence-corrected chi connectivity index (χ0v) is 15.6. The van der Waals surface area contributed by atoms with Gasteiger partial charge in [0.15, 0.2) is 12.0 Å².